The minimum Gasteiger partial charge on any atom is -0.382 e. The third kappa shape index (κ3) is 1.58. The number of carbonyl (C=O) groups excluding carboxylic acids is 1. The first-order valence-corrected chi connectivity index (χ1v) is 3.04. The first-order chi connectivity index (χ1) is 4.83. The smallest absolute Gasteiger partial charge is 0.141 e. The molecule has 2 N–H and O–H groups in total. The van der Waals surface area contributed by atoms with Crippen molar-refractivity contribution in [1.29, 1.82) is 0 Å². The van der Waals surface area contributed by atoms with Gasteiger partial charge in [0.05, 0.1) is 6.33 Å². The van der Waals surface area contributed by atoms with E-state index in [-0.39, 0.29) is 0 Å². The Morgan fingerprint density at radius 1 is 1.80 bits per heavy atom. The molecule has 0 fully saturated rings. The zero-order chi connectivity index (χ0) is 7.40. The van der Waals surface area contributed by atoms with Gasteiger partial charge < -0.3 is 15.1 Å². The average Bonchev–Trinajstić information content (AvgIpc) is 2.31. The van der Waals surface area contributed by atoms with Gasteiger partial charge in [0, 0.05) is 19.2 Å². The van der Waals surface area contributed by atoms with Crippen LogP contribution >= 0.6 is 0 Å². The molecular weight excluding hydrogens is 130 g/mol. The van der Waals surface area contributed by atoms with E-state index in [0.717, 1.165) is 6.29 Å². The number of hydrogen-bond donors (Lipinski definition) is 1. The Morgan fingerprint density at radius 2 is 2.60 bits per heavy atom. The highest BCUT2D eigenvalue weighted by Gasteiger charge is 1.91. The molecule has 0 radical (unpaired) electrons. The van der Waals surface area contributed by atoms with Gasteiger partial charge in [-0.2, -0.15) is 0 Å². The molecule has 0 saturated heterocycles. The van der Waals surface area contributed by atoms with Crippen LogP contribution in [0.15, 0.2) is 12.5 Å². The number of aryl methyl sites for hydroxylation is 1. The summed E-state index contributed by atoms with van der Waals surface area (Å²) in [5.74, 6) is 0.492. The number of aldehydes is 1. The molecule has 0 aliphatic carbocycles. The number of rotatable bonds is 3. The summed E-state index contributed by atoms with van der Waals surface area (Å²) < 4.78 is 1.78. The van der Waals surface area contributed by atoms with Crippen molar-refractivity contribution in [3.63, 3.8) is 0 Å². The summed E-state index contributed by atoms with van der Waals surface area (Å²) in [5.41, 5.74) is 5.33. The number of imidazole rings is 1. The Kier molecular flexibility index (Phi) is 2.04. The predicted molar refractivity (Wildman–Crippen MR) is 37.3 cm³/mol. The number of aromatic nitrogens is 2. The molecular formula is C6H9N3O. The maximum absolute atomic E-state index is 9.92. The van der Waals surface area contributed by atoms with Gasteiger partial charge in [0.1, 0.15) is 12.1 Å². The number of nitrogen functional groups attached to an aromatic ring is 1. The Morgan fingerprint density at radius 3 is 3.10 bits per heavy atom. The van der Waals surface area contributed by atoms with Crippen LogP contribution in [-0.2, 0) is 11.3 Å². The second-order valence-corrected chi connectivity index (χ2v) is 1.99. The Labute approximate surface area is 58.7 Å². The third-order valence-electron chi connectivity index (χ3n) is 1.16. The standard InChI is InChI=1S/C6H9N3O/c7-6-4-9(5-8-6)2-1-3-10/h3-5H,1-2,7H2. The molecule has 1 heterocycles. The molecule has 54 valence electrons. The third-order valence-corrected chi connectivity index (χ3v) is 1.16. The van der Waals surface area contributed by atoms with Crippen molar-refractivity contribution in [1.82, 2.24) is 9.55 Å². The summed E-state index contributed by atoms with van der Waals surface area (Å²) in [4.78, 5) is 13.7. The Hall–Kier alpha value is -1.32. The van der Waals surface area contributed by atoms with Gasteiger partial charge >= 0.3 is 0 Å². The van der Waals surface area contributed by atoms with Crippen molar-refractivity contribution in [3.05, 3.63) is 12.5 Å². The monoisotopic (exact) mass is 139 g/mol. The van der Waals surface area contributed by atoms with Gasteiger partial charge in [0.25, 0.3) is 0 Å². The van der Waals surface area contributed by atoms with Crippen LogP contribution in [0.1, 0.15) is 6.42 Å². The van der Waals surface area contributed by atoms with Crippen LogP contribution in [0, 0.1) is 0 Å². The van der Waals surface area contributed by atoms with Crippen LogP contribution in [0.5, 0.6) is 0 Å². The molecule has 1 rings (SSSR count). The van der Waals surface area contributed by atoms with Crippen molar-refractivity contribution < 1.29 is 4.79 Å². The van der Waals surface area contributed by atoms with Crippen LogP contribution < -0.4 is 5.73 Å². The van der Waals surface area contributed by atoms with E-state index in [1.54, 1.807) is 17.1 Å². The summed E-state index contributed by atoms with van der Waals surface area (Å²) in [5, 5.41) is 0. The maximum Gasteiger partial charge on any atom is 0.141 e. The van der Waals surface area contributed by atoms with Gasteiger partial charge in [-0.05, 0) is 0 Å². The van der Waals surface area contributed by atoms with Gasteiger partial charge in [0.2, 0.25) is 0 Å². The fourth-order valence-electron chi connectivity index (χ4n) is 0.701. The molecule has 10 heavy (non-hydrogen) atoms. The van der Waals surface area contributed by atoms with Crippen LogP contribution in [0.25, 0.3) is 0 Å². The molecule has 0 amide bonds. The van der Waals surface area contributed by atoms with Crippen LogP contribution in [0.2, 0.25) is 0 Å². The maximum atomic E-state index is 9.92. The number of nitrogens with two attached hydrogens (primary N) is 1. The van der Waals surface area contributed by atoms with Crippen LogP contribution in [0.3, 0.4) is 0 Å². The van der Waals surface area contributed by atoms with E-state index in [4.69, 9.17) is 5.73 Å². The minimum absolute atomic E-state index is 0.492. The molecule has 0 aliphatic heterocycles. The highest BCUT2D eigenvalue weighted by atomic mass is 16.1. The molecule has 0 bridgehead atoms. The normalized spacial score (nSPS) is 9.60. The topological polar surface area (TPSA) is 60.9 Å². The molecule has 1 aromatic rings. The second kappa shape index (κ2) is 3.00. The van der Waals surface area contributed by atoms with E-state index in [1.165, 1.54) is 0 Å². The highest BCUT2D eigenvalue weighted by molar-refractivity contribution is 5.49. The highest BCUT2D eigenvalue weighted by Crippen LogP contribution is 1.96. The van der Waals surface area contributed by atoms with Crippen molar-refractivity contribution in [2.75, 3.05) is 5.73 Å². The summed E-state index contributed by atoms with van der Waals surface area (Å²) in [6.45, 7) is 0.660. The lowest BCUT2D eigenvalue weighted by molar-refractivity contribution is -0.108. The van der Waals surface area contributed by atoms with Crippen molar-refractivity contribution >= 4 is 12.1 Å². The zero-order valence-electron chi connectivity index (χ0n) is 5.53. The molecule has 0 saturated carbocycles. The van der Waals surface area contributed by atoms with E-state index >= 15 is 0 Å². The van der Waals surface area contributed by atoms with Gasteiger partial charge in [0.15, 0.2) is 0 Å². The summed E-state index contributed by atoms with van der Waals surface area (Å²) in [6, 6.07) is 0. The molecule has 4 nitrogen and oxygen atoms in total. The van der Waals surface area contributed by atoms with Gasteiger partial charge in [-0.25, -0.2) is 4.98 Å². The van der Waals surface area contributed by atoms with E-state index in [2.05, 4.69) is 4.98 Å². The predicted octanol–water partition coefficient (Wildman–Crippen LogP) is 0.0543. The minimum atomic E-state index is 0.492. The van der Waals surface area contributed by atoms with E-state index in [1.807, 2.05) is 0 Å². The van der Waals surface area contributed by atoms with Crippen molar-refractivity contribution in [3.8, 4) is 0 Å². The SMILES string of the molecule is Nc1cn(CCC=O)cn1. The molecule has 0 aromatic carbocycles. The lowest BCUT2D eigenvalue weighted by Gasteiger charge is -1.93. The van der Waals surface area contributed by atoms with Gasteiger partial charge in [-0.15, -0.1) is 0 Å². The quantitative estimate of drug-likeness (QED) is 0.602. The van der Waals surface area contributed by atoms with Crippen molar-refractivity contribution in [2.45, 2.75) is 13.0 Å². The summed E-state index contributed by atoms with van der Waals surface area (Å²) in [7, 11) is 0. The fourth-order valence-corrected chi connectivity index (χ4v) is 0.701. The number of carbonyl (C=O) groups is 1. The Bertz CT molecular complexity index is 219. The van der Waals surface area contributed by atoms with E-state index in [0.29, 0.717) is 18.8 Å². The molecule has 0 atom stereocenters. The average molecular weight is 139 g/mol. The van der Waals surface area contributed by atoms with E-state index < -0.39 is 0 Å². The fraction of sp³-hybridized carbons (Fsp3) is 0.333. The largest absolute Gasteiger partial charge is 0.382 e. The van der Waals surface area contributed by atoms with Crippen LogP contribution in [0.4, 0.5) is 5.82 Å². The summed E-state index contributed by atoms with van der Waals surface area (Å²) >= 11 is 0. The van der Waals surface area contributed by atoms with E-state index in [9.17, 15) is 4.79 Å². The molecule has 0 spiro atoms. The lowest BCUT2D eigenvalue weighted by atomic mass is 10.5. The number of anilines is 1. The first-order valence-electron chi connectivity index (χ1n) is 3.04. The number of nitrogens with zero attached hydrogens (tertiary/aromatic N) is 2. The number of hydrogen-bond acceptors (Lipinski definition) is 3. The van der Waals surface area contributed by atoms with Crippen molar-refractivity contribution in [2.24, 2.45) is 0 Å². The first kappa shape index (κ1) is 6.80. The second-order valence-electron chi connectivity index (χ2n) is 1.99. The summed E-state index contributed by atoms with van der Waals surface area (Å²) in [6.07, 6.45) is 4.69. The molecule has 1 aromatic heterocycles. The molecule has 4 heteroatoms. The van der Waals surface area contributed by atoms with Gasteiger partial charge in [-0.1, -0.05) is 0 Å². The van der Waals surface area contributed by atoms with Gasteiger partial charge in [-0.3, -0.25) is 0 Å². The van der Waals surface area contributed by atoms with Crippen LogP contribution in [-0.4, -0.2) is 15.8 Å². The molecule has 0 unspecified atom stereocenters. The molecule has 0 aliphatic rings. The zero-order valence-corrected chi connectivity index (χ0v) is 5.53. The Balaban J connectivity index is 2.49. The lowest BCUT2D eigenvalue weighted by Crippen LogP contribution is -1.94.